The van der Waals surface area contributed by atoms with E-state index < -0.39 is 41.7 Å². The molecular weight excluding hydrogens is 759 g/mol. The molecule has 3 aromatic carbocycles. The fraction of sp³-hybridized carbons (Fsp3) is 0.479. The van der Waals surface area contributed by atoms with Crippen LogP contribution >= 0.6 is 0 Å². The van der Waals surface area contributed by atoms with E-state index in [0.717, 1.165) is 71.7 Å². The van der Waals surface area contributed by atoms with E-state index >= 15 is 0 Å². The molecule has 1 heterocycles. The first-order valence-electron chi connectivity index (χ1n) is 21.6. The number of unbranched alkanes of at least 4 members (excludes halogenated alkanes) is 1. The first kappa shape index (κ1) is 43.9. The summed E-state index contributed by atoms with van der Waals surface area (Å²) < 4.78 is 12.9. The van der Waals surface area contributed by atoms with E-state index in [2.05, 4.69) is 45.5 Å². The van der Waals surface area contributed by atoms with Gasteiger partial charge in [0.05, 0.1) is 5.52 Å². The molecule has 60 heavy (non-hydrogen) atoms. The standard InChI is InChI=1S/C48H61N5O7/c1-6-26-53-42-29-33(23-24-34(42)31(2)27-43(53)54)50-44(55)40(22-14-15-25-49-46(57)60-48(3,4)5)51-45(56)41(28-32-16-8-7-9-17-32)52-47(58)59-30-39-37-20-12-10-18-35(37)36-19-11-13-21-38(36)39/h10-13,18-21,23-24,27,29,32,39-41H,6-9,14-17,22,25-26,28,30H2,1-5H3,(H,49,57)(H,50,55)(H,51,56)(H,52,58). The van der Waals surface area contributed by atoms with Crippen LogP contribution in [-0.4, -0.2) is 59.4 Å². The molecule has 6 rings (SSSR count). The number of hydrogen-bond donors (Lipinski definition) is 4. The number of nitrogens with one attached hydrogen (secondary N) is 4. The molecule has 4 amide bonds. The van der Waals surface area contributed by atoms with Crippen LogP contribution in [0.3, 0.4) is 0 Å². The van der Waals surface area contributed by atoms with Crippen molar-refractivity contribution in [2.75, 3.05) is 18.5 Å². The highest BCUT2D eigenvalue weighted by Gasteiger charge is 2.32. The molecule has 2 aliphatic rings. The fourth-order valence-corrected chi connectivity index (χ4v) is 8.60. The molecule has 2 aliphatic carbocycles. The number of aromatic nitrogens is 1. The lowest BCUT2D eigenvalue weighted by molar-refractivity contribution is -0.128. The molecular formula is C48H61N5O7. The van der Waals surface area contributed by atoms with Crippen LogP contribution in [0.5, 0.6) is 0 Å². The van der Waals surface area contributed by atoms with Crippen LogP contribution in [0.15, 0.2) is 77.6 Å². The van der Waals surface area contributed by atoms with E-state index in [1.165, 1.54) is 0 Å². The zero-order chi connectivity index (χ0) is 42.8. The van der Waals surface area contributed by atoms with Gasteiger partial charge in [0.25, 0.3) is 5.56 Å². The third-order valence-corrected chi connectivity index (χ3v) is 11.5. The number of rotatable bonds is 16. The molecule has 1 aromatic heterocycles. The normalized spacial score (nSPS) is 15.0. The maximum absolute atomic E-state index is 14.3. The number of carbonyl (C=O) groups is 4. The largest absolute Gasteiger partial charge is 0.449 e. The lowest BCUT2D eigenvalue weighted by Crippen LogP contribution is -2.53. The van der Waals surface area contributed by atoms with Crippen LogP contribution in [0, 0.1) is 12.8 Å². The van der Waals surface area contributed by atoms with E-state index in [9.17, 15) is 24.0 Å². The Kier molecular flexibility index (Phi) is 14.7. The summed E-state index contributed by atoms with van der Waals surface area (Å²) >= 11 is 0. The summed E-state index contributed by atoms with van der Waals surface area (Å²) in [5.74, 6) is -0.803. The van der Waals surface area contributed by atoms with Gasteiger partial charge in [0.1, 0.15) is 24.3 Å². The molecule has 2 unspecified atom stereocenters. The molecule has 0 aliphatic heterocycles. The average molecular weight is 820 g/mol. The Morgan fingerprint density at radius 3 is 2.17 bits per heavy atom. The van der Waals surface area contributed by atoms with Gasteiger partial charge >= 0.3 is 12.2 Å². The number of ether oxygens (including phenoxy) is 2. The number of pyridine rings is 1. The third-order valence-electron chi connectivity index (χ3n) is 11.5. The summed E-state index contributed by atoms with van der Waals surface area (Å²) in [5.41, 5.74) is 5.73. The minimum atomic E-state index is -0.969. The SMILES string of the molecule is CCCn1c(=O)cc(C)c2ccc(NC(=O)C(CCCCNC(=O)OC(C)(C)C)NC(=O)C(CC3CCCCC3)NC(=O)OCC3c4ccccc4-c4ccccc43)cc21. The molecule has 0 spiro atoms. The van der Waals surface area contributed by atoms with Gasteiger partial charge in [-0.1, -0.05) is 93.6 Å². The van der Waals surface area contributed by atoms with Crippen molar-refractivity contribution in [1.29, 1.82) is 0 Å². The molecule has 320 valence electrons. The van der Waals surface area contributed by atoms with Crippen LogP contribution < -0.4 is 26.8 Å². The highest BCUT2D eigenvalue weighted by molar-refractivity contribution is 5.99. The predicted octanol–water partition coefficient (Wildman–Crippen LogP) is 8.72. The van der Waals surface area contributed by atoms with Crippen LogP contribution in [-0.2, 0) is 25.6 Å². The Morgan fingerprint density at radius 2 is 1.50 bits per heavy atom. The van der Waals surface area contributed by atoms with Crippen LogP contribution in [0.25, 0.3) is 22.0 Å². The number of anilines is 1. The van der Waals surface area contributed by atoms with Crippen molar-refractivity contribution in [3.05, 3.63) is 99.8 Å². The molecule has 12 nitrogen and oxygen atoms in total. The van der Waals surface area contributed by atoms with E-state index in [1.807, 2.05) is 44.2 Å². The summed E-state index contributed by atoms with van der Waals surface area (Å²) in [4.78, 5) is 67.2. The summed E-state index contributed by atoms with van der Waals surface area (Å²) in [6.07, 6.45) is 6.42. The van der Waals surface area contributed by atoms with Crippen molar-refractivity contribution in [2.45, 2.75) is 129 Å². The highest BCUT2D eigenvalue weighted by atomic mass is 16.6. The molecule has 0 saturated heterocycles. The van der Waals surface area contributed by atoms with Crippen molar-refractivity contribution in [3.8, 4) is 11.1 Å². The molecule has 2 atom stereocenters. The Labute approximate surface area is 353 Å². The van der Waals surface area contributed by atoms with Crippen LogP contribution in [0.4, 0.5) is 15.3 Å². The maximum Gasteiger partial charge on any atom is 0.407 e. The van der Waals surface area contributed by atoms with Gasteiger partial charge in [0.2, 0.25) is 11.8 Å². The number of benzene rings is 3. The second-order valence-corrected chi connectivity index (χ2v) is 17.3. The molecule has 12 heteroatoms. The zero-order valence-corrected chi connectivity index (χ0v) is 35.7. The van der Waals surface area contributed by atoms with Gasteiger partial charge in [-0.15, -0.1) is 0 Å². The van der Waals surface area contributed by atoms with E-state index in [4.69, 9.17) is 9.47 Å². The molecule has 4 N–H and O–H groups in total. The minimum absolute atomic E-state index is 0.108. The molecule has 1 saturated carbocycles. The quantitative estimate of drug-likeness (QED) is 0.0824. The lowest BCUT2D eigenvalue weighted by atomic mass is 9.84. The smallest absolute Gasteiger partial charge is 0.407 e. The first-order valence-corrected chi connectivity index (χ1v) is 21.6. The van der Waals surface area contributed by atoms with Crippen molar-refractivity contribution in [1.82, 2.24) is 20.5 Å². The molecule has 0 bridgehead atoms. The number of nitrogens with zero attached hydrogens (tertiary/aromatic N) is 1. The summed E-state index contributed by atoms with van der Waals surface area (Å²) in [6.45, 7) is 10.2. The van der Waals surface area contributed by atoms with Gasteiger partial charge in [-0.05, 0) is 106 Å². The monoisotopic (exact) mass is 819 g/mol. The van der Waals surface area contributed by atoms with Crippen LogP contribution in [0.1, 0.15) is 115 Å². The van der Waals surface area contributed by atoms with Gasteiger partial charge in [-0.3, -0.25) is 14.4 Å². The Morgan fingerprint density at radius 1 is 0.817 bits per heavy atom. The number of fused-ring (bicyclic) bond motifs is 4. The van der Waals surface area contributed by atoms with Crippen molar-refractivity contribution < 1.29 is 28.7 Å². The van der Waals surface area contributed by atoms with Crippen molar-refractivity contribution in [3.63, 3.8) is 0 Å². The second kappa shape index (κ2) is 20.1. The van der Waals surface area contributed by atoms with Gasteiger partial charge in [-0.25, -0.2) is 9.59 Å². The Balaban J connectivity index is 1.18. The molecule has 0 radical (unpaired) electrons. The van der Waals surface area contributed by atoms with Crippen LogP contribution in [0.2, 0.25) is 0 Å². The van der Waals surface area contributed by atoms with E-state index in [0.29, 0.717) is 43.6 Å². The van der Waals surface area contributed by atoms with E-state index in [-0.39, 0.29) is 30.4 Å². The fourth-order valence-electron chi connectivity index (χ4n) is 8.60. The average Bonchev–Trinajstić information content (AvgIpc) is 3.53. The summed E-state index contributed by atoms with van der Waals surface area (Å²) in [7, 11) is 0. The molecule has 1 fully saturated rings. The second-order valence-electron chi connectivity index (χ2n) is 17.3. The van der Waals surface area contributed by atoms with Gasteiger partial charge in [0, 0.05) is 36.1 Å². The number of alkyl carbamates (subject to hydrolysis) is 2. The highest BCUT2D eigenvalue weighted by Crippen LogP contribution is 2.44. The molecule has 4 aromatic rings. The van der Waals surface area contributed by atoms with Crippen molar-refractivity contribution >= 4 is 40.6 Å². The van der Waals surface area contributed by atoms with Gasteiger partial charge < -0.3 is 35.3 Å². The Hall–Kier alpha value is -5.65. The summed E-state index contributed by atoms with van der Waals surface area (Å²) in [6, 6.07) is 21.5. The third kappa shape index (κ3) is 11.3. The van der Waals surface area contributed by atoms with Gasteiger partial charge in [0.15, 0.2) is 0 Å². The summed E-state index contributed by atoms with van der Waals surface area (Å²) in [5, 5.41) is 12.5. The predicted molar refractivity (Wildman–Crippen MR) is 235 cm³/mol. The number of aryl methyl sites for hydroxylation is 2. The number of carbonyl (C=O) groups excluding carboxylic acids is 4. The topological polar surface area (TPSA) is 157 Å². The zero-order valence-electron chi connectivity index (χ0n) is 35.7. The number of hydrogen-bond acceptors (Lipinski definition) is 7. The Bertz CT molecular complexity index is 2180. The van der Waals surface area contributed by atoms with Gasteiger partial charge in [-0.2, -0.15) is 0 Å². The maximum atomic E-state index is 14.3. The number of amides is 4. The van der Waals surface area contributed by atoms with Crippen molar-refractivity contribution in [2.24, 2.45) is 5.92 Å². The minimum Gasteiger partial charge on any atom is -0.449 e. The van der Waals surface area contributed by atoms with E-state index in [1.54, 1.807) is 43.5 Å². The lowest BCUT2D eigenvalue weighted by Gasteiger charge is -2.28. The first-order chi connectivity index (χ1) is 28.8.